The van der Waals surface area contributed by atoms with Crippen LogP contribution in [-0.4, -0.2) is 25.1 Å². The lowest BCUT2D eigenvalue weighted by Crippen LogP contribution is -2.26. The summed E-state index contributed by atoms with van der Waals surface area (Å²) in [6.07, 6.45) is -0.149. The van der Waals surface area contributed by atoms with Gasteiger partial charge < -0.3 is 19.0 Å². The first-order valence-electron chi connectivity index (χ1n) is 9.68. The second-order valence-corrected chi connectivity index (χ2v) is 10.7. The number of furan rings is 1. The summed E-state index contributed by atoms with van der Waals surface area (Å²) in [4.78, 5) is 12.9. The maximum Gasteiger partial charge on any atom is 0.344 e. The molecule has 0 spiro atoms. The zero-order valence-corrected chi connectivity index (χ0v) is 20.1. The molecular formula is C22H19BrFNO7S. The van der Waals surface area contributed by atoms with Crippen LogP contribution in [-0.2, 0) is 14.8 Å². The number of carbonyl (C=O) groups is 1. The van der Waals surface area contributed by atoms with Crippen molar-refractivity contribution in [3.05, 3.63) is 64.3 Å². The molecule has 2 heterocycles. The number of hydrogen-bond donors (Lipinski definition) is 2. The Morgan fingerprint density at radius 2 is 1.91 bits per heavy atom. The monoisotopic (exact) mass is 539 g/mol. The Bertz CT molecular complexity index is 1360. The SMILES string of the molecule is CC(C)(C)OC(=O)c1c(NS(=O)(=O)c2ccc(F)cc2Br)ccc2c1OC(O)c1occc1-2. The summed E-state index contributed by atoms with van der Waals surface area (Å²) in [5, 5.41) is 10.4. The third-order valence-electron chi connectivity index (χ3n) is 4.63. The predicted molar refractivity (Wildman–Crippen MR) is 120 cm³/mol. The molecule has 1 aliphatic rings. The van der Waals surface area contributed by atoms with E-state index in [1.54, 1.807) is 26.8 Å². The number of aliphatic hydroxyl groups excluding tert-OH is 1. The molecule has 33 heavy (non-hydrogen) atoms. The minimum Gasteiger partial charge on any atom is -0.462 e. The van der Waals surface area contributed by atoms with Gasteiger partial charge in [0.15, 0.2) is 5.76 Å². The molecule has 4 rings (SSSR count). The number of benzene rings is 2. The van der Waals surface area contributed by atoms with Crippen molar-refractivity contribution in [1.29, 1.82) is 0 Å². The summed E-state index contributed by atoms with van der Waals surface area (Å²) >= 11 is 3.05. The Balaban J connectivity index is 1.87. The van der Waals surface area contributed by atoms with Crippen molar-refractivity contribution in [3.63, 3.8) is 0 Å². The van der Waals surface area contributed by atoms with Gasteiger partial charge >= 0.3 is 5.97 Å². The highest BCUT2D eigenvalue weighted by Crippen LogP contribution is 2.47. The van der Waals surface area contributed by atoms with Crippen LogP contribution >= 0.6 is 15.9 Å². The van der Waals surface area contributed by atoms with E-state index >= 15 is 0 Å². The van der Waals surface area contributed by atoms with Gasteiger partial charge in [-0.2, -0.15) is 0 Å². The molecular weight excluding hydrogens is 521 g/mol. The number of hydrogen-bond acceptors (Lipinski definition) is 7. The molecule has 0 saturated heterocycles. The Morgan fingerprint density at radius 3 is 2.58 bits per heavy atom. The van der Waals surface area contributed by atoms with Gasteiger partial charge in [-0.05, 0) is 73.1 Å². The van der Waals surface area contributed by atoms with Gasteiger partial charge in [0.25, 0.3) is 16.3 Å². The van der Waals surface area contributed by atoms with Crippen molar-refractivity contribution in [2.45, 2.75) is 37.6 Å². The number of rotatable bonds is 4. The summed E-state index contributed by atoms with van der Waals surface area (Å²) in [7, 11) is -4.26. The summed E-state index contributed by atoms with van der Waals surface area (Å²) in [5.41, 5.74) is -0.363. The molecule has 3 aromatic rings. The first kappa shape index (κ1) is 23.3. The molecule has 0 aliphatic carbocycles. The van der Waals surface area contributed by atoms with Crippen LogP contribution in [0.1, 0.15) is 43.2 Å². The van der Waals surface area contributed by atoms with Crippen LogP contribution in [0.3, 0.4) is 0 Å². The van der Waals surface area contributed by atoms with Gasteiger partial charge in [0, 0.05) is 15.6 Å². The molecule has 0 saturated carbocycles. The maximum absolute atomic E-state index is 13.5. The molecule has 174 valence electrons. The lowest BCUT2D eigenvalue weighted by atomic mass is 9.98. The highest BCUT2D eigenvalue weighted by Gasteiger charge is 2.35. The number of halogens is 2. The standard InChI is InChI=1S/C22H19BrFNO7S/c1-22(2,3)32-20(26)17-15(25-33(28,29)16-7-4-11(24)10-14(16)23)6-5-12-13-8-9-30-19(13)21(27)31-18(12)17/h4-10,21,25,27H,1-3H3. The Labute approximate surface area is 197 Å². The molecule has 1 aliphatic heterocycles. The van der Waals surface area contributed by atoms with Gasteiger partial charge in [0.1, 0.15) is 27.6 Å². The molecule has 1 aromatic heterocycles. The number of anilines is 1. The third-order valence-corrected chi connectivity index (χ3v) is 6.97. The third kappa shape index (κ3) is 4.48. The van der Waals surface area contributed by atoms with E-state index in [2.05, 4.69) is 20.7 Å². The van der Waals surface area contributed by atoms with Crippen LogP contribution in [0.15, 0.2) is 56.4 Å². The Kier molecular flexibility index (Phi) is 5.75. The smallest absolute Gasteiger partial charge is 0.344 e. The lowest BCUT2D eigenvalue weighted by Gasteiger charge is -2.27. The molecule has 0 bridgehead atoms. The minimum absolute atomic E-state index is 0.00138. The van der Waals surface area contributed by atoms with Crippen LogP contribution in [0, 0.1) is 5.82 Å². The van der Waals surface area contributed by atoms with Crippen LogP contribution in [0.2, 0.25) is 0 Å². The Morgan fingerprint density at radius 1 is 1.18 bits per heavy atom. The zero-order valence-electron chi connectivity index (χ0n) is 17.7. The van der Waals surface area contributed by atoms with E-state index in [1.807, 2.05) is 0 Å². The molecule has 11 heteroatoms. The molecule has 1 atom stereocenters. The van der Waals surface area contributed by atoms with E-state index in [-0.39, 0.29) is 32.1 Å². The molecule has 2 aromatic carbocycles. The van der Waals surface area contributed by atoms with Crippen LogP contribution in [0.25, 0.3) is 11.1 Å². The van der Waals surface area contributed by atoms with E-state index in [1.165, 1.54) is 18.4 Å². The van der Waals surface area contributed by atoms with Gasteiger partial charge in [-0.1, -0.05) is 0 Å². The second kappa shape index (κ2) is 8.15. The summed E-state index contributed by atoms with van der Waals surface area (Å²) < 4.78 is 58.2. The maximum atomic E-state index is 13.5. The van der Waals surface area contributed by atoms with Gasteiger partial charge in [0.2, 0.25) is 0 Å². The number of esters is 1. The summed E-state index contributed by atoms with van der Waals surface area (Å²) in [6, 6.07) is 7.60. The number of ether oxygens (including phenoxy) is 2. The van der Waals surface area contributed by atoms with Gasteiger partial charge in [0.05, 0.1) is 12.0 Å². The first-order chi connectivity index (χ1) is 15.4. The normalized spacial score (nSPS) is 15.3. The van der Waals surface area contributed by atoms with Crippen LogP contribution in [0.5, 0.6) is 5.75 Å². The van der Waals surface area contributed by atoms with Crippen molar-refractivity contribution in [2.24, 2.45) is 0 Å². The summed E-state index contributed by atoms with van der Waals surface area (Å²) in [5.74, 6) is -1.40. The Hall–Kier alpha value is -2.89. The number of nitrogens with one attached hydrogen (secondary N) is 1. The second-order valence-electron chi connectivity index (χ2n) is 8.22. The van der Waals surface area contributed by atoms with Crippen LogP contribution in [0.4, 0.5) is 10.1 Å². The number of fused-ring (bicyclic) bond motifs is 3. The van der Waals surface area contributed by atoms with Crippen molar-refractivity contribution in [1.82, 2.24) is 0 Å². The molecule has 0 fully saturated rings. The van der Waals surface area contributed by atoms with Gasteiger partial charge in [-0.15, -0.1) is 0 Å². The fourth-order valence-corrected chi connectivity index (χ4v) is 5.45. The highest BCUT2D eigenvalue weighted by atomic mass is 79.9. The first-order valence-corrected chi connectivity index (χ1v) is 12.0. The topological polar surface area (TPSA) is 115 Å². The summed E-state index contributed by atoms with van der Waals surface area (Å²) in [6.45, 7) is 4.97. The number of carbonyl (C=O) groups excluding carboxylic acids is 1. The van der Waals surface area contributed by atoms with E-state index < -0.39 is 33.7 Å². The molecule has 0 radical (unpaired) electrons. The molecule has 0 amide bonds. The molecule has 1 unspecified atom stereocenters. The van der Waals surface area contributed by atoms with Crippen molar-refractivity contribution in [3.8, 4) is 16.9 Å². The fraction of sp³-hybridized carbons (Fsp3) is 0.227. The van der Waals surface area contributed by atoms with E-state index in [0.29, 0.717) is 11.1 Å². The number of sulfonamides is 1. The van der Waals surface area contributed by atoms with E-state index in [9.17, 15) is 22.7 Å². The van der Waals surface area contributed by atoms with Crippen molar-refractivity contribution >= 4 is 37.6 Å². The van der Waals surface area contributed by atoms with Crippen LogP contribution < -0.4 is 9.46 Å². The fourth-order valence-electron chi connectivity index (χ4n) is 3.33. The average molecular weight is 540 g/mol. The quantitative estimate of drug-likeness (QED) is 0.449. The largest absolute Gasteiger partial charge is 0.462 e. The lowest BCUT2D eigenvalue weighted by molar-refractivity contribution is -0.0389. The zero-order chi connectivity index (χ0) is 24.1. The van der Waals surface area contributed by atoms with E-state index in [0.717, 1.165) is 18.2 Å². The average Bonchev–Trinajstić information content (AvgIpc) is 3.16. The van der Waals surface area contributed by atoms with E-state index in [4.69, 9.17) is 13.9 Å². The van der Waals surface area contributed by atoms with Gasteiger partial charge in [-0.3, -0.25) is 4.72 Å². The van der Waals surface area contributed by atoms with Crippen molar-refractivity contribution < 1.29 is 36.6 Å². The minimum atomic E-state index is -4.26. The predicted octanol–water partition coefficient (Wildman–Crippen LogP) is 4.99. The number of aliphatic hydroxyl groups is 1. The van der Waals surface area contributed by atoms with Crippen molar-refractivity contribution in [2.75, 3.05) is 4.72 Å². The molecule has 8 nitrogen and oxygen atoms in total. The van der Waals surface area contributed by atoms with Gasteiger partial charge in [-0.25, -0.2) is 17.6 Å². The molecule has 2 N–H and O–H groups in total. The highest BCUT2D eigenvalue weighted by molar-refractivity contribution is 9.10.